The van der Waals surface area contributed by atoms with Gasteiger partial charge in [0.05, 0.1) is 11.6 Å². The van der Waals surface area contributed by atoms with Crippen LogP contribution in [0.5, 0.6) is 0 Å². The van der Waals surface area contributed by atoms with Crippen LogP contribution in [0.15, 0.2) is 30.3 Å². The van der Waals surface area contributed by atoms with Crippen molar-refractivity contribution in [3.8, 4) is 0 Å². The predicted octanol–water partition coefficient (Wildman–Crippen LogP) is 3.11. The van der Waals surface area contributed by atoms with Crippen LogP contribution in [0.1, 0.15) is 38.3 Å². The first-order valence-corrected chi connectivity index (χ1v) is 10.3. The summed E-state index contributed by atoms with van der Waals surface area (Å²) < 4.78 is 0. The van der Waals surface area contributed by atoms with Crippen molar-refractivity contribution < 1.29 is 4.79 Å². The summed E-state index contributed by atoms with van der Waals surface area (Å²) in [5, 5.41) is 4.46. The van der Waals surface area contributed by atoms with Crippen LogP contribution in [-0.2, 0) is 4.79 Å². The molecule has 1 aliphatic heterocycles. The van der Waals surface area contributed by atoms with Gasteiger partial charge < -0.3 is 10.2 Å². The third-order valence-electron chi connectivity index (χ3n) is 6.11. The Balaban J connectivity index is 1.41. The first kappa shape index (κ1) is 18.2. The largest absolute Gasteiger partial charge is 0.368 e. The summed E-state index contributed by atoms with van der Waals surface area (Å²) in [7, 11) is 0. The lowest BCUT2D eigenvalue weighted by atomic mass is 10.1. The summed E-state index contributed by atoms with van der Waals surface area (Å²) in [6.07, 6.45) is 4.77. The number of aromatic nitrogens is 1. The van der Waals surface area contributed by atoms with Crippen LogP contribution in [0.3, 0.4) is 0 Å². The highest BCUT2D eigenvalue weighted by Crippen LogP contribution is 2.28. The van der Waals surface area contributed by atoms with Gasteiger partial charge in [-0.25, -0.2) is 0 Å². The van der Waals surface area contributed by atoms with Crippen LogP contribution >= 0.6 is 0 Å². The number of amides is 1. The SMILES string of the molecule is Cc1cc(N2CCN(C(C)C(=O)NC3CCCC3)CC2)c2ccccc2n1. The van der Waals surface area contributed by atoms with E-state index >= 15 is 0 Å². The van der Waals surface area contributed by atoms with Gasteiger partial charge in [-0.05, 0) is 38.8 Å². The fourth-order valence-electron chi connectivity index (χ4n) is 4.46. The standard InChI is InChI=1S/C22H30N4O/c1-16-15-21(19-9-5-6-10-20(19)23-16)26-13-11-25(12-14-26)17(2)22(27)24-18-7-3-4-8-18/h5-6,9-10,15,17-18H,3-4,7-8,11-14H2,1-2H3,(H,24,27). The molecular weight excluding hydrogens is 336 g/mol. The number of carbonyl (C=O) groups is 1. The lowest BCUT2D eigenvalue weighted by molar-refractivity contribution is -0.126. The van der Waals surface area contributed by atoms with Gasteiger partial charge in [0.2, 0.25) is 5.91 Å². The Kier molecular flexibility index (Phi) is 5.30. The fourth-order valence-corrected chi connectivity index (χ4v) is 4.46. The molecule has 2 aromatic rings. The number of anilines is 1. The number of carbonyl (C=O) groups excluding carboxylic acids is 1. The summed E-state index contributed by atoms with van der Waals surface area (Å²) in [5.41, 5.74) is 3.37. The molecule has 1 saturated heterocycles. The van der Waals surface area contributed by atoms with Gasteiger partial charge in [-0.15, -0.1) is 0 Å². The van der Waals surface area contributed by atoms with E-state index in [1.165, 1.54) is 23.9 Å². The van der Waals surface area contributed by atoms with Crippen molar-refractivity contribution in [2.45, 2.75) is 51.6 Å². The van der Waals surface area contributed by atoms with E-state index in [1.54, 1.807) is 0 Å². The minimum Gasteiger partial charge on any atom is -0.368 e. The molecule has 1 unspecified atom stereocenters. The zero-order valence-electron chi connectivity index (χ0n) is 16.4. The highest BCUT2D eigenvalue weighted by Gasteiger charge is 2.28. The van der Waals surface area contributed by atoms with Gasteiger partial charge in [-0.2, -0.15) is 0 Å². The van der Waals surface area contributed by atoms with Crippen molar-refractivity contribution in [3.05, 3.63) is 36.0 Å². The van der Waals surface area contributed by atoms with Crippen LogP contribution in [-0.4, -0.2) is 54.1 Å². The van der Waals surface area contributed by atoms with Crippen molar-refractivity contribution in [1.29, 1.82) is 0 Å². The lowest BCUT2D eigenvalue weighted by Gasteiger charge is -2.39. The smallest absolute Gasteiger partial charge is 0.237 e. The molecule has 1 N–H and O–H groups in total. The zero-order chi connectivity index (χ0) is 18.8. The number of hydrogen-bond donors (Lipinski definition) is 1. The van der Waals surface area contributed by atoms with E-state index in [0.29, 0.717) is 6.04 Å². The van der Waals surface area contributed by atoms with Crippen LogP contribution in [0.2, 0.25) is 0 Å². The second kappa shape index (κ2) is 7.85. The van der Waals surface area contributed by atoms with Gasteiger partial charge in [-0.3, -0.25) is 14.7 Å². The van der Waals surface area contributed by atoms with Crippen molar-refractivity contribution >= 4 is 22.5 Å². The Morgan fingerprint density at radius 2 is 1.85 bits per heavy atom. The number of pyridine rings is 1. The second-order valence-electron chi connectivity index (χ2n) is 7.99. The van der Waals surface area contributed by atoms with Gasteiger partial charge in [0, 0.05) is 49.0 Å². The highest BCUT2D eigenvalue weighted by atomic mass is 16.2. The maximum atomic E-state index is 12.6. The number of aryl methyl sites for hydroxylation is 1. The molecule has 0 radical (unpaired) electrons. The monoisotopic (exact) mass is 366 g/mol. The van der Waals surface area contributed by atoms with Crippen LogP contribution in [0, 0.1) is 6.92 Å². The third kappa shape index (κ3) is 3.93. The highest BCUT2D eigenvalue weighted by molar-refractivity contribution is 5.92. The van der Waals surface area contributed by atoms with E-state index < -0.39 is 0 Å². The number of fused-ring (bicyclic) bond motifs is 1. The molecule has 2 heterocycles. The first-order chi connectivity index (χ1) is 13.1. The molecule has 5 nitrogen and oxygen atoms in total. The summed E-state index contributed by atoms with van der Waals surface area (Å²) in [5.74, 6) is 0.195. The molecule has 1 aliphatic carbocycles. The molecular formula is C22H30N4O. The molecule has 0 spiro atoms. The van der Waals surface area contributed by atoms with Gasteiger partial charge in [0.1, 0.15) is 0 Å². The van der Waals surface area contributed by atoms with Crippen molar-refractivity contribution in [1.82, 2.24) is 15.2 Å². The van der Waals surface area contributed by atoms with E-state index in [-0.39, 0.29) is 11.9 Å². The minimum absolute atomic E-state index is 0.0522. The molecule has 1 saturated carbocycles. The van der Waals surface area contributed by atoms with E-state index in [9.17, 15) is 4.79 Å². The number of benzene rings is 1. The van der Waals surface area contributed by atoms with E-state index in [2.05, 4.69) is 51.3 Å². The van der Waals surface area contributed by atoms with Crippen LogP contribution in [0.4, 0.5) is 5.69 Å². The molecule has 1 aromatic heterocycles. The third-order valence-corrected chi connectivity index (χ3v) is 6.11. The molecule has 1 atom stereocenters. The Morgan fingerprint density at radius 1 is 1.15 bits per heavy atom. The molecule has 2 aliphatic rings. The summed E-state index contributed by atoms with van der Waals surface area (Å²) in [6, 6.07) is 10.9. The van der Waals surface area contributed by atoms with Crippen molar-refractivity contribution in [2.75, 3.05) is 31.1 Å². The summed E-state index contributed by atoms with van der Waals surface area (Å²) >= 11 is 0. The molecule has 1 amide bonds. The predicted molar refractivity (Wildman–Crippen MR) is 110 cm³/mol. The van der Waals surface area contributed by atoms with E-state index in [1.807, 2.05) is 13.0 Å². The zero-order valence-corrected chi connectivity index (χ0v) is 16.4. The van der Waals surface area contributed by atoms with Crippen molar-refractivity contribution in [2.24, 2.45) is 0 Å². The van der Waals surface area contributed by atoms with Gasteiger partial charge in [-0.1, -0.05) is 31.0 Å². The van der Waals surface area contributed by atoms with Gasteiger partial charge in [0.15, 0.2) is 0 Å². The number of nitrogens with zero attached hydrogens (tertiary/aromatic N) is 3. The maximum Gasteiger partial charge on any atom is 0.237 e. The second-order valence-corrected chi connectivity index (χ2v) is 7.99. The first-order valence-electron chi connectivity index (χ1n) is 10.3. The number of para-hydroxylation sites is 1. The minimum atomic E-state index is -0.0522. The van der Waals surface area contributed by atoms with Gasteiger partial charge in [0.25, 0.3) is 0 Å². The van der Waals surface area contributed by atoms with Crippen LogP contribution < -0.4 is 10.2 Å². The average Bonchev–Trinajstić information content (AvgIpc) is 3.20. The van der Waals surface area contributed by atoms with E-state index in [0.717, 1.165) is 50.2 Å². The summed E-state index contributed by atoms with van der Waals surface area (Å²) in [6.45, 7) is 7.81. The normalized spacial score (nSPS) is 20.1. The number of nitrogens with one attached hydrogen (secondary N) is 1. The number of hydrogen-bond acceptors (Lipinski definition) is 4. The Hall–Kier alpha value is -2.14. The average molecular weight is 367 g/mol. The fraction of sp³-hybridized carbons (Fsp3) is 0.545. The van der Waals surface area contributed by atoms with Crippen LogP contribution in [0.25, 0.3) is 10.9 Å². The molecule has 4 rings (SSSR count). The molecule has 27 heavy (non-hydrogen) atoms. The van der Waals surface area contributed by atoms with E-state index in [4.69, 9.17) is 0 Å². The molecule has 2 fully saturated rings. The molecule has 144 valence electrons. The Bertz CT molecular complexity index is 807. The van der Waals surface area contributed by atoms with Gasteiger partial charge >= 0.3 is 0 Å². The quantitative estimate of drug-likeness (QED) is 0.903. The number of rotatable bonds is 4. The molecule has 1 aromatic carbocycles. The molecule has 5 heteroatoms. The summed E-state index contributed by atoms with van der Waals surface area (Å²) in [4.78, 5) is 22.0. The topological polar surface area (TPSA) is 48.5 Å². The lowest BCUT2D eigenvalue weighted by Crippen LogP contribution is -2.55. The maximum absolute atomic E-state index is 12.6. The number of piperazine rings is 1. The Morgan fingerprint density at radius 3 is 2.59 bits per heavy atom. The Labute approximate surface area is 161 Å². The molecule has 0 bridgehead atoms. The van der Waals surface area contributed by atoms with Crippen molar-refractivity contribution in [3.63, 3.8) is 0 Å².